The van der Waals surface area contributed by atoms with Crippen molar-refractivity contribution in [2.24, 2.45) is 0 Å². The second-order valence-corrected chi connectivity index (χ2v) is 26.1. The molecule has 0 unspecified atom stereocenters. The van der Waals surface area contributed by atoms with Crippen molar-refractivity contribution in [2.45, 2.75) is 153 Å². The Morgan fingerprint density at radius 1 is 0.416 bits per heavy atom. The Balaban J connectivity index is -0.00000260. The van der Waals surface area contributed by atoms with Crippen molar-refractivity contribution in [3.8, 4) is 0 Å². The van der Waals surface area contributed by atoms with E-state index in [2.05, 4.69) is 25.7 Å². The van der Waals surface area contributed by atoms with E-state index in [0.29, 0.717) is 7.11 Å². The van der Waals surface area contributed by atoms with E-state index in [4.69, 9.17) is 49.5 Å². The number of ether oxygens (including phenoxy) is 10. The number of carboxylic acid groups (broad SMARTS) is 2. The van der Waals surface area contributed by atoms with Gasteiger partial charge >= 0.3 is 296 Å². The van der Waals surface area contributed by atoms with Crippen molar-refractivity contribution >= 4 is 94.8 Å². The van der Waals surface area contributed by atoms with Crippen molar-refractivity contribution in [2.75, 3.05) is 26.9 Å². The third kappa shape index (κ3) is 38.3. The number of hydrogen-bond donors (Lipinski definition) is 9. The molecule has 5 aliphatic heterocycles. The van der Waals surface area contributed by atoms with E-state index in [9.17, 15) is 157 Å². The van der Waals surface area contributed by atoms with Gasteiger partial charge in [0.15, 0.2) is 68.4 Å². The number of hydrogen-bond acceptors (Lipinski definition) is 49. The summed E-state index contributed by atoms with van der Waals surface area (Å²) < 4.78 is 422. The summed E-state index contributed by atoms with van der Waals surface area (Å²) in [5.74, 6) is -6.24. The van der Waals surface area contributed by atoms with Gasteiger partial charge in [-0.3, -0.25) is 20.9 Å². The topological polar surface area (TPSA) is 834 Å². The zero-order chi connectivity index (χ0) is 75.8. The molecule has 0 radical (unpaired) electrons. The molecule has 101 heavy (non-hydrogen) atoms. The molecular weight excluding hydrogens is 1680 g/mol. The van der Waals surface area contributed by atoms with Crippen molar-refractivity contribution in [3.63, 3.8) is 0 Å². The molecule has 25 atom stereocenters. The predicted octanol–water partition coefficient (Wildman–Crippen LogP) is -49.1. The minimum Gasteiger partial charge on any atom is -0.735 e. The first kappa shape index (κ1) is 104. The molecule has 52 nitrogen and oxygen atoms in total. The number of rotatable bonds is 30. The summed E-state index contributed by atoms with van der Waals surface area (Å²) in [5, 5.41) is 92.9. The van der Waals surface area contributed by atoms with Crippen LogP contribution in [-0.2, 0) is 161 Å². The van der Waals surface area contributed by atoms with Gasteiger partial charge in [-0.25, -0.2) is 81.5 Å². The molecule has 0 amide bonds. The summed E-state index contributed by atoms with van der Waals surface area (Å²) in [6, 6.07) is -11.6. The van der Waals surface area contributed by atoms with E-state index in [0.717, 1.165) is 9.44 Å². The number of carbonyl (C=O) groups excluding carboxylic acids is 2. The molecule has 5 aliphatic rings. The maximum atomic E-state index is 13.0. The van der Waals surface area contributed by atoms with Crippen LogP contribution in [0.3, 0.4) is 0 Å². The Bertz CT molecular complexity index is 3940. The van der Waals surface area contributed by atoms with Crippen LogP contribution in [0.25, 0.3) is 0 Å². The van der Waals surface area contributed by atoms with Crippen molar-refractivity contribution in [1.29, 1.82) is 0 Å². The quantitative estimate of drug-likeness (QED) is 0.0183. The monoisotopic (exact) mass is 1730 g/mol. The normalized spacial score (nSPS) is 39.6. The van der Waals surface area contributed by atoms with Crippen molar-refractivity contribution in [1.82, 2.24) is 14.2 Å². The van der Waals surface area contributed by atoms with E-state index in [1.165, 1.54) is 0 Å². The van der Waals surface area contributed by atoms with Gasteiger partial charge in [0, 0.05) is 7.11 Å². The van der Waals surface area contributed by atoms with Gasteiger partial charge in [-0.05, 0) is 0 Å². The molecule has 5 heterocycles. The second kappa shape index (κ2) is 49.0. The van der Waals surface area contributed by atoms with Gasteiger partial charge < -0.3 is 134 Å². The zero-order valence-electron chi connectivity index (χ0n) is 60.0. The first-order valence-corrected chi connectivity index (χ1v) is 33.5. The number of carbonyl (C=O) groups is 2. The van der Waals surface area contributed by atoms with Crippen LogP contribution >= 0.6 is 0 Å². The number of aliphatic carboxylic acids is 2. The second-order valence-electron chi connectivity index (χ2n) is 17.6. The average molecular weight is 1740 g/mol. The van der Waals surface area contributed by atoms with Gasteiger partial charge in [0.05, 0.1) is 41.3 Å². The van der Waals surface area contributed by atoms with E-state index in [-0.39, 0.29) is 300 Å². The predicted molar refractivity (Wildman–Crippen MR) is 242 cm³/mol. The van der Waals surface area contributed by atoms with Crippen LogP contribution in [0, 0.1) is 0 Å². The van der Waals surface area contributed by atoms with Crippen molar-refractivity contribution < 1.29 is 528 Å². The van der Waals surface area contributed by atoms with E-state index < -0.39 is 268 Å². The third-order valence-corrected chi connectivity index (χ3v) is 15.0. The minimum atomic E-state index is -7.62. The Kier molecular flexibility index (Phi) is 50.6. The summed E-state index contributed by atoms with van der Waals surface area (Å²) >= 11 is 0. The fourth-order valence-corrected chi connectivity index (χ4v) is 11.3. The van der Waals surface area contributed by atoms with Gasteiger partial charge in [-0.1, -0.05) is 0 Å². The maximum Gasteiger partial charge on any atom is 1.00 e. The summed E-state index contributed by atoms with van der Waals surface area (Å²) in [4.78, 5) is 25.8. The Morgan fingerprint density at radius 2 is 0.822 bits per heavy atom. The molecule has 5 fully saturated rings. The number of methoxy groups -OCH3 is 1. The molecule has 9 N–H and O–H groups in total. The largest absolute Gasteiger partial charge is 1.00 e. The molecule has 0 bridgehead atoms. The molecule has 0 spiro atoms. The Morgan fingerprint density at radius 3 is 1.24 bits per heavy atom. The molecule has 0 saturated carbocycles. The fraction of sp³-hybridized carbons (Fsp3) is 0.935. The van der Waals surface area contributed by atoms with E-state index in [1.807, 2.05) is 0 Å². The van der Waals surface area contributed by atoms with Gasteiger partial charge in [-0.15, -0.1) is 0 Å². The van der Waals surface area contributed by atoms with Crippen LogP contribution < -0.4 is 320 Å². The molecule has 5 saturated heterocycles. The van der Waals surface area contributed by atoms with E-state index in [1.54, 1.807) is 0 Å². The fourth-order valence-electron chi connectivity index (χ4n) is 8.05. The van der Waals surface area contributed by atoms with Crippen LogP contribution in [0.1, 0.15) is 9.60 Å². The molecule has 534 valence electrons. The van der Waals surface area contributed by atoms with Crippen LogP contribution in [0.15, 0.2) is 0 Å². The number of nitrogens with one attached hydrogen (secondary N) is 3. The molecule has 70 heteroatoms. The number of carboxylic acids is 2. The van der Waals surface area contributed by atoms with Gasteiger partial charge in [0.2, 0.25) is 52.0 Å². The number of aliphatic hydroxyl groups is 6. The first-order chi connectivity index (χ1) is 43.7. The first-order valence-electron chi connectivity index (χ1n) is 26.1. The zero-order valence-corrected chi connectivity index (χ0v) is 79.5. The van der Waals surface area contributed by atoms with Gasteiger partial charge in [0.25, 0.3) is 0 Å². The summed E-state index contributed by atoms with van der Waals surface area (Å²) in [7, 11) is -52.0. The minimum absolute atomic E-state index is 0. The molecular formula is C31H43N3Na10O49S8. The molecule has 0 aromatic heterocycles. The average Bonchev–Trinajstić information content (AvgIpc) is 0.658. The number of aliphatic hydroxyl groups excluding tert-OH is 6. The molecule has 0 aliphatic carbocycles. The SMILES string of the molecule is [2H]C([2H])(OS(=O)(=O)[O-])[C@@]1([2H])O[C@]([2H])(O[C@H]2[C@H](O)[C@@H](OS(=O)(=O)[O-])[C@H](O[C@H]3[C@H](O)[C@@H](NS(=O)(=O)[O-])[C@@H](OC)O[C@@H]3COS(=O)(=O)[O-])O[C@H]2C(=O)[O-])[C@]([2H])(NS(=O)(=O)[O-])[C@@]([2H])(OS(=O)(=O)[O-])[C@]1([2H])O[C@@H]1O[C@H](C(=O)[O-])[C@@H](O[C@H]2O[C@H](COS(=O)(=O)[O-])[C@@H](O)[C@H](O)[C@H]2NS(=O)(=O)[O-])[C@H](O)[C@H]1O.[Na+].[Na+].[Na+].[Na+].[Na+].[Na+].[Na+].[Na+].[Na+].[Na+]. The smallest absolute Gasteiger partial charge is 0.735 e. The van der Waals surface area contributed by atoms with Crippen LogP contribution in [0.5, 0.6) is 0 Å². The Labute approximate surface area is 803 Å². The van der Waals surface area contributed by atoms with Crippen LogP contribution in [0.2, 0.25) is 0 Å². The third-order valence-electron chi connectivity index (χ3n) is 11.4. The van der Waals surface area contributed by atoms with Gasteiger partial charge in [-0.2, -0.15) is 0 Å². The summed E-state index contributed by atoms with van der Waals surface area (Å²) in [6.07, 6.45) is -84.5. The molecule has 5 rings (SSSR count). The van der Waals surface area contributed by atoms with Crippen molar-refractivity contribution in [3.05, 3.63) is 0 Å². The van der Waals surface area contributed by atoms with Crippen LogP contribution in [-0.4, -0.2) is 326 Å². The summed E-state index contributed by atoms with van der Waals surface area (Å²) in [6.45, 7) is -9.40. The Hall–Kier alpha value is 7.26. The maximum absolute atomic E-state index is 13.0. The van der Waals surface area contributed by atoms with Crippen LogP contribution in [0.4, 0.5) is 0 Å². The molecule has 0 aromatic rings. The van der Waals surface area contributed by atoms with Gasteiger partial charge in [0.1, 0.15) is 116 Å². The summed E-state index contributed by atoms with van der Waals surface area (Å²) in [5.41, 5.74) is 0. The van der Waals surface area contributed by atoms with E-state index >= 15 is 0 Å². The molecule has 0 aromatic carbocycles. The standard InChI is InChI=1S/C31H53N3O49S8.10Na/c1-69-27-9(33-85(48,49)50)13(37)17(6(74-27)3-71-88(57,58)59)76-31-22(83-91(66,67)68)16(40)21(24(81-31)26(43)44)79-29-10(34-86(51,52)53)19(82-90(63,64)65)18(7(75-29)4-72-89(60,61)62)77-30-15(39)14(38)20(23(80-30)25(41)42)78-28-8(32-84(45,46)47)12(36)11(35)5(73-28)2-70-87(54,55)56;;;;;;;;;;/h5-24,27-40H,2-4H2,1H3,(H,41,42)(H,43,44)(H,45,46,47)(H,48,49,50)(H,51,52,53)(H,54,55,56)(H,57,58,59)(H,60,61,62)(H,63,64,65)(H,66,67,68);;;;;;;;;;/q;10*+1/p-10/t5-,6-,7-,8-,9-,10-,11-,12-,13-,14-,15-,16+,17-,18-,19-,20+,21+,22-,23+,24-,27+,28-,29-,30-,31-;;;;;;;;;;/m1........../s1/i4D2,7D,10D,18D,19D,29D;;;;;;;;;;.